The summed E-state index contributed by atoms with van der Waals surface area (Å²) in [6.45, 7) is -0.647. The first-order valence-electron chi connectivity index (χ1n) is 7.96. The topological polar surface area (TPSA) is 147 Å². The summed E-state index contributed by atoms with van der Waals surface area (Å²) in [7, 11) is 0. The van der Waals surface area contributed by atoms with E-state index in [0.717, 1.165) is 18.2 Å². The normalized spacial score (nSPS) is 16.9. The molecule has 0 saturated carbocycles. The van der Waals surface area contributed by atoms with E-state index in [-0.39, 0.29) is 16.7 Å². The molecule has 0 radical (unpaired) electrons. The molecule has 27 heavy (non-hydrogen) atoms. The van der Waals surface area contributed by atoms with Crippen molar-refractivity contribution in [3.8, 4) is 0 Å². The molecule has 2 aromatic rings. The average Bonchev–Trinajstić information content (AvgIpc) is 2.60. The number of hydrogen-bond donors (Lipinski definition) is 6. The Labute approximate surface area is 150 Å². The first kappa shape index (κ1) is 21.3. The summed E-state index contributed by atoms with van der Waals surface area (Å²) in [5.41, 5.74) is -2.14. The minimum Gasteiger partial charge on any atom is -0.394 e. The van der Waals surface area contributed by atoms with Gasteiger partial charge in [-0.3, -0.25) is 4.79 Å². The summed E-state index contributed by atoms with van der Waals surface area (Å²) >= 11 is 0. The van der Waals surface area contributed by atoms with Crippen LogP contribution in [0.4, 0.5) is 13.2 Å². The zero-order chi connectivity index (χ0) is 20.4. The Bertz CT molecular complexity index is 841. The van der Waals surface area contributed by atoms with Gasteiger partial charge in [0.15, 0.2) is 0 Å². The number of fused-ring (bicyclic) bond motifs is 1. The van der Waals surface area contributed by atoms with E-state index in [4.69, 9.17) is 5.11 Å². The third-order valence-electron chi connectivity index (χ3n) is 4.00. The van der Waals surface area contributed by atoms with Gasteiger partial charge >= 0.3 is 6.18 Å². The predicted molar refractivity (Wildman–Crippen MR) is 86.8 cm³/mol. The van der Waals surface area contributed by atoms with Crippen LogP contribution < -0.4 is 5.56 Å². The highest BCUT2D eigenvalue weighted by Gasteiger charge is 2.31. The van der Waals surface area contributed by atoms with Gasteiger partial charge in [0.05, 0.1) is 41.5 Å². The van der Waals surface area contributed by atoms with Gasteiger partial charge in [-0.2, -0.15) is 13.2 Å². The number of H-pyrrole nitrogens is 1. The molecule has 1 unspecified atom stereocenters. The minimum atomic E-state index is -4.58. The highest BCUT2D eigenvalue weighted by molar-refractivity contribution is 5.75. The van der Waals surface area contributed by atoms with E-state index in [9.17, 15) is 38.4 Å². The van der Waals surface area contributed by atoms with Crippen molar-refractivity contribution in [2.75, 3.05) is 6.61 Å². The van der Waals surface area contributed by atoms with Crippen LogP contribution in [0.5, 0.6) is 0 Å². The van der Waals surface area contributed by atoms with Crippen molar-refractivity contribution in [2.24, 2.45) is 0 Å². The lowest BCUT2D eigenvalue weighted by molar-refractivity contribution is -0.137. The lowest BCUT2D eigenvalue weighted by Crippen LogP contribution is -2.41. The lowest BCUT2D eigenvalue weighted by Gasteiger charge is -2.23. The number of alkyl halides is 3. The monoisotopic (exact) mass is 392 g/mol. The van der Waals surface area contributed by atoms with Gasteiger partial charge in [-0.25, -0.2) is 4.98 Å². The van der Waals surface area contributed by atoms with E-state index in [2.05, 4.69) is 9.97 Å². The molecule has 4 atom stereocenters. The van der Waals surface area contributed by atoms with Crippen LogP contribution in [0.3, 0.4) is 0 Å². The van der Waals surface area contributed by atoms with Gasteiger partial charge in [-0.15, -0.1) is 0 Å². The van der Waals surface area contributed by atoms with E-state index in [1.54, 1.807) is 0 Å². The summed E-state index contributed by atoms with van der Waals surface area (Å²) in [6, 6.07) is 2.59. The van der Waals surface area contributed by atoms with Crippen molar-refractivity contribution in [1.29, 1.82) is 0 Å². The third-order valence-corrected chi connectivity index (χ3v) is 4.00. The molecule has 0 saturated heterocycles. The van der Waals surface area contributed by atoms with Crippen LogP contribution in [-0.4, -0.2) is 66.5 Å². The predicted octanol–water partition coefficient (Wildman–Crippen LogP) is -0.690. The average molecular weight is 392 g/mol. The van der Waals surface area contributed by atoms with Gasteiger partial charge in [-0.1, -0.05) is 0 Å². The number of aromatic amines is 1. The van der Waals surface area contributed by atoms with E-state index in [1.807, 2.05) is 0 Å². The maximum Gasteiger partial charge on any atom is 0.416 e. The number of benzene rings is 1. The van der Waals surface area contributed by atoms with Crippen LogP contribution in [0.2, 0.25) is 0 Å². The Balaban J connectivity index is 2.21. The molecule has 11 heteroatoms. The molecule has 0 fully saturated rings. The van der Waals surface area contributed by atoms with Crippen molar-refractivity contribution < 1.29 is 38.7 Å². The number of nitrogens with one attached hydrogen (secondary N) is 1. The molecule has 6 N–H and O–H groups in total. The molecule has 0 spiro atoms. The maximum absolute atomic E-state index is 12.7. The van der Waals surface area contributed by atoms with Crippen LogP contribution in [0.25, 0.3) is 11.0 Å². The van der Waals surface area contributed by atoms with E-state index in [0.29, 0.717) is 0 Å². The number of hydrogen-bond acceptors (Lipinski definition) is 7. The first-order chi connectivity index (χ1) is 12.5. The number of nitrogens with zero attached hydrogens (tertiary/aromatic N) is 1. The number of halogens is 3. The quantitative estimate of drug-likeness (QED) is 0.366. The van der Waals surface area contributed by atoms with Crippen molar-refractivity contribution in [3.63, 3.8) is 0 Å². The Morgan fingerprint density at radius 2 is 1.78 bits per heavy atom. The SMILES string of the molecule is O=c1[nH]c2cc(C(F)(F)F)ccc2nc1C[C@@H](O)[C@@H](O)C(O)C[C@H](O)CO. The Hall–Kier alpha value is -2.05. The largest absolute Gasteiger partial charge is 0.416 e. The summed E-state index contributed by atoms with van der Waals surface area (Å²) in [5.74, 6) is 0. The van der Waals surface area contributed by atoms with Crippen molar-refractivity contribution in [2.45, 2.75) is 43.4 Å². The second-order valence-electron chi connectivity index (χ2n) is 6.14. The summed E-state index contributed by atoms with van der Waals surface area (Å²) in [5, 5.41) is 47.5. The van der Waals surface area contributed by atoms with Gasteiger partial charge in [-0.05, 0) is 18.2 Å². The second-order valence-corrected chi connectivity index (χ2v) is 6.14. The van der Waals surface area contributed by atoms with E-state index >= 15 is 0 Å². The Kier molecular flexibility index (Phi) is 6.54. The zero-order valence-electron chi connectivity index (χ0n) is 13.9. The second kappa shape index (κ2) is 8.31. The van der Waals surface area contributed by atoms with Crippen LogP contribution in [0.1, 0.15) is 17.7 Å². The van der Waals surface area contributed by atoms with E-state index < -0.39 is 61.2 Å². The van der Waals surface area contributed by atoms with Crippen LogP contribution in [-0.2, 0) is 12.6 Å². The summed E-state index contributed by atoms with van der Waals surface area (Å²) < 4.78 is 38.2. The fourth-order valence-electron chi connectivity index (χ4n) is 2.51. The Morgan fingerprint density at radius 3 is 2.37 bits per heavy atom. The first-order valence-corrected chi connectivity index (χ1v) is 7.96. The molecule has 2 rings (SSSR count). The molecule has 1 aromatic heterocycles. The minimum absolute atomic E-state index is 0.0514. The van der Waals surface area contributed by atoms with Crippen molar-refractivity contribution >= 4 is 11.0 Å². The highest BCUT2D eigenvalue weighted by Crippen LogP contribution is 2.30. The van der Waals surface area contributed by atoms with Crippen molar-refractivity contribution in [1.82, 2.24) is 9.97 Å². The van der Waals surface area contributed by atoms with Gasteiger partial charge in [0.2, 0.25) is 0 Å². The maximum atomic E-state index is 12.7. The van der Waals surface area contributed by atoms with Gasteiger partial charge < -0.3 is 30.5 Å². The summed E-state index contributed by atoms with van der Waals surface area (Å²) in [4.78, 5) is 18.2. The molecule has 1 aromatic carbocycles. The molecule has 150 valence electrons. The molecule has 1 heterocycles. The van der Waals surface area contributed by atoms with Gasteiger partial charge in [0.25, 0.3) is 5.56 Å². The van der Waals surface area contributed by atoms with E-state index in [1.165, 1.54) is 0 Å². The molecular formula is C16H19F3N2O6. The zero-order valence-corrected chi connectivity index (χ0v) is 13.9. The molecule has 8 nitrogen and oxygen atoms in total. The highest BCUT2D eigenvalue weighted by atomic mass is 19.4. The number of aliphatic hydroxyl groups excluding tert-OH is 5. The molecule has 0 bridgehead atoms. The molecule has 0 aliphatic rings. The molecule has 0 aliphatic heterocycles. The van der Waals surface area contributed by atoms with Crippen molar-refractivity contribution in [3.05, 3.63) is 39.8 Å². The number of rotatable bonds is 7. The fraction of sp³-hybridized carbons (Fsp3) is 0.500. The number of aliphatic hydroxyl groups is 5. The third kappa shape index (κ3) is 5.23. The van der Waals surface area contributed by atoms with Crippen LogP contribution in [0.15, 0.2) is 23.0 Å². The Morgan fingerprint density at radius 1 is 1.11 bits per heavy atom. The molecule has 0 amide bonds. The smallest absolute Gasteiger partial charge is 0.394 e. The molecular weight excluding hydrogens is 373 g/mol. The lowest BCUT2D eigenvalue weighted by atomic mass is 9.99. The van der Waals surface area contributed by atoms with Gasteiger partial charge in [0, 0.05) is 12.8 Å². The van der Waals surface area contributed by atoms with Gasteiger partial charge in [0.1, 0.15) is 11.8 Å². The summed E-state index contributed by atoms with van der Waals surface area (Å²) in [6.07, 6.45) is -11.7. The number of aromatic nitrogens is 2. The standard InChI is InChI=1S/C16H19F3N2O6/c17-16(18,19)7-1-2-9-10(3-7)21-15(27)11(20-9)5-13(25)14(26)12(24)4-8(23)6-22/h1-3,8,12-14,22-26H,4-6H2,(H,21,27)/t8-,12?,13+,14-/m0/s1. The molecule has 0 aliphatic carbocycles. The van der Waals surface area contributed by atoms with Crippen LogP contribution >= 0.6 is 0 Å². The fourth-order valence-corrected chi connectivity index (χ4v) is 2.51. The van der Waals surface area contributed by atoms with Crippen LogP contribution in [0, 0.1) is 0 Å².